The van der Waals surface area contributed by atoms with Crippen LogP contribution in [0.1, 0.15) is 12.0 Å². The summed E-state index contributed by atoms with van der Waals surface area (Å²) in [5.74, 6) is 0. The van der Waals surface area contributed by atoms with Crippen molar-refractivity contribution < 1.29 is 0 Å². The van der Waals surface area contributed by atoms with Gasteiger partial charge in [0.2, 0.25) is 0 Å². The molecule has 2 rings (SSSR count). The maximum atomic E-state index is 5.51. The molecule has 2 aromatic rings. The standard InChI is InChI=1S/C13H17N3/c1-16-9-7-13(15-16)12-6-2-4-11(10-12)5-3-8-14/h2,4,6-7,9-10H,3,5,8,14H2,1H3. The summed E-state index contributed by atoms with van der Waals surface area (Å²) in [6.07, 6.45) is 4.03. The summed E-state index contributed by atoms with van der Waals surface area (Å²) < 4.78 is 1.82. The lowest BCUT2D eigenvalue weighted by atomic mass is 10.0. The summed E-state index contributed by atoms with van der Waals surface area (Å²) in [7, 11) is 1.93. The number of benzene rings is 1. The molecule has 3 heteroatoms. The maximum absolute atomic E-state index is 5.51. The van der Waals surface area contributed by atoms with Crippen molar-refractivity contribution in [1.29, 1.82) is 0 Å². The molecule has 2 N–H and O–H groups in total. The highest BCUT2D eigenvalue weighted by atomic mass is 15.2. The van der Waals surface area contributed by atoms with Gasteiger partial charge in [0.05, 0.1) is 5.69 Å². The summed E-state index contributed by atoms with van der Waals surface area (Å²) >= 11 is 0. The predicted octanol–water partition coefficient (Wildman–Crippen LogP) is 1.98. The molecule has 84 valence electrons. The minimum Gasteiger partial charge on any atom is -0.330 e. The largest absolute Gasteiger partial charge is 0.330 e. The molecule has 0 saturated carbocycles. The number of nitrogens with two attached hydrogens (primary N) is 1. The fourth-order valence-electron chi connectivity index (χ4n) is 1.76. The van der Waals surface area contributed by atoms with Crippen LogP contribution in [-0.4, -0.2) is 16.3 Å². The zero-order valence-electron chi connectivity index (χ0n) is 9.56. The minimum atomic E-state index is 0.744. The Balaban J connectivity index is 2.22. The zero-order chi connectivity index (χ0) is 11.4. The van der Waals surface area contributed by atoms with Crippen molar-refractivity contribution in [2.45, 2.75) is 12.8 Å². The third-order valence-corrected chi connectivity index (χ3v) is 2.61. The van der Waals surface area contributed by atoms with Crippen LogP contribution in [0.15, 0.2) is 36.5 Å². The average molecular weight is 215 g/mol. The topological polar surface area (TPSA) is 43.8 Å². The highest BCUT2D eigenvalue weighted by Crippen LogP contribution is 2.18. The van der Waals surface area contributed by atoms with Crippen LogP contribution < -0.4 is 5.73 Å². The molecule has 0 atom stereocenters. The van der Waals surface area contributed by atoms with Crippen LogP contribution in [-0.2, 0) is 13.5 Å². The van der Waals surface area contributed by atoms with E-state index in [4.69, 9.17) is 5.73 Å². The molecule has 0 amide bonds. The minimum absolute atomic E-state index is 0.744. The molecule has 1 aromatic carbocycles. The number of rotatable bonds is 4. The Labute approximate surface area is 95.9 Å². The van der Waals surface area contributed by atoms with E-state index in [1.807, 2.05) is 24.0 Å². The summed E-state index contributed by atoms with van der Waals surface area (Å²) in [5, 5.41) is 4.39. The Morgan fingerprint density at radius 1 is 1.31 bits per heavy atom. The number of hydrogen-bond acceptors (Lipinski definition) is 2. The summed E-state index contributed by atoms with van der Waals surface area (Å²) in [4.78, 5) is 0. The van der Waals surface area contributed by atoms with Crippen molar-refractivity contribution in [3.05, 3.63) is 42.1 Å². The fraction of sp³-hybridized carbons (Fsp3) is 0.308. The first-order chi connectivity index (χ1) is 7.79. The fourth-order valence-corrected chi connectivity index (χ4v) is 1.76. The zero-order valence-corrected chi connectivity index (χ0v) is 9.56. The van der Waals surface area contributed by atoms with Gasteiger partial charge in [0.25, 0.3) is 0 Å². The molecule has 0 saturated heterocycles. The van der Waals surface area contributed by atoms with Gasteiger partial charge in [-0.15, -0.1) is 0 Å². The third-order valence-electron chi connectivity index (χ3n) is 2.61. The van der Waals surface area contributed by atoms with Gasteiger partial charge in [0, 0.05) is 18.8 Å². The second-order valence-corrected chi connectivity index (χ2v) is 3.97. The van der Waals surface area contributed by atoms with E-state index in [-0.39, 0.29) is 0 Å². The molecule has 0 bridgehead atoms. The molecule has 3 nitrogen and oxygen atoms in total. The van der Waals surface area contributed by atoms with Gasteiger partial charge >= 0.3 is 0 Å². The van der Waals surface area contributed by atoms with Gasteiger partial charge in [-0.1, -0.05) is 18.2 Å². The molecule has 16 heavy (non-hydrogen) atoms. The Bertz CT molecular complexity index is 460. The first-order valence-corrected chi connectivity index (χ1v) is 5.58. The maximum Gasteiger partial charge on any atom is 0.0923 e. The molecular formula is C13H17N3. The van der Waals surface area contributed by atoms with Gasteiger partial charge in [-0.25, -0.2) is 0 Å². The SMILES string of the molecule is Cn1ccc(-c2cccc(CCCN)c2)n1. The third kappa shape index (κ3) is 2.49. The van der Waals surface area contributed by atoms with Crippen molar-refractivity contribution in [3.63, 3.8) is 0 Å². The van der Waals surface area contributed by atoms with E-state index in [1.165, 1.54) is 11.1 Å². The first kappa shape index (κ1) is 10.9. The lowest BCUT2D eigenvalue weighted by Crippen LogP contribution is -2.00. The van der Waals surface area contributed by atoms with Gasteiger partial charge in [0.15, 0.2) is 0 Å². The Kier molecular flexibility index (Phi) is 3.37. The molecule has 0 spiro atoms. The number of aromatic nitrogens is 2. The number of aryl methyl sites for hydroxylation is 2. The van der Waals surface area contributed by atoms with E-state index in [2.05, 4.69) is 29.4 Å². The monoisotopic (exact) mass is 215 g/mol. The Hall–Kier alpha value is -1.61. The van der Waals surface area contributed by atoms with Crippen molar-refractivity contribution in [3.8, 4) is 11.3 Å². The summed E-state index contributed by atoms with van der Waals surface area (Å²) in [5.41, 5.74) is 9.04. The van der Waals surface area contributed by atoms with Crippen LogP contribution in [0.5, 0.6) is 0 Å². The quantitative estimate of drug-likeness (QED) is 0.847. The van der Waals surface area contributed by atoms with E-state index in [0.717, 1.165) is 25.1 Å². The lowest BCUT2D eigenvalue weighted by Gasteiger charge is -2.02. The van der Waals surface area contributed by atoms with Gasteiger partial charge in [-0.2, -0.15) is 5.10 Å². The number of hydrogen-bond donors (Lipinski definition) is 1. The van der Waals surface area contributed by atoms with Crippen LogP contribution >= 0.6 is 0 Å². The lowest BCUT2D eigenvalue weighted by molar-refractivity contribution is 0.770. The Morgan fingerprint density at radius 3 is 2.88 bits per heavy atom. The average Bonchev–Trinajstić information content (AvgIpc) is 2.74. The molecule has 0 radical (unpaired) electrons. The summed E-state index contributed by atoms with van der Waals surface area (Å²) in [6.45, 7) is 0.744. The second-order valence-electron chi connectivity index (χ2n) is 3.97. The predicted molar refractivity (Wildman–Crippen MR) is 66.0 cm³/mol. The van der Waals surface area contributed by atoms with E-state index in [1.54, 1.807) is 0 Å². The second kappa shape index (κ2) is 4.94. The molecule has 0 fully saturated rings. The molecule has 1 heterocycles. The van der Waals surface area contributed by atoms with Gasteiger partial charge < -0.3 is 5.73 Å². The highest BCUT2D eigenvalue weighted by molar-refractivity contribution is 5.59. The molecule has 0 unspecified atom stereocenters. The van der Waals surface area contributed by atoms with Crippen molar-refractivity contribution >= 4 is 0 Å². The van der Waals surface area contributed by atoms with Crippen molar-refractivity contribution in [2.75, 3.05) is 6.54 Å². The van der Waals surface area contributed by atoms with Crippen LogP contribution in [0.25, 0.3) is 11.3 Å². The van der Waals surface area contributed by atoms with Gasteiger partial charge in [-0.05, 0) is 37.1 Å². The molecule has 0 aliphatic carbocycles. The van der Waals surface area contributed by atoms with Crippen molar-refractivity contribution in [1.82, 2.24) is 9.78 Å². The molecular weight excluding hydrogens is 198 g/mol. The Morgan fingerprint density at radius 2 is 2.19 bits per heavy atom. The molecule has 1 aromatic heterocycles. The molecule has 0 aliphatic rings. The van der Waals surface area contributed by atoms with E-state index in [0.29, 0.717) is 0 Å². The van der Waals surface area contributed by atoms with Gasteiger partial charge in [-0.3, -0.25) is 4.68 Å². The first-order valence-electron chi connectivity index (χ1n) is 5.58. The van der Waals surface area contributed by atoms with E-state index >= 15 is 0 Å². The van der Waals surface area contributed by atoms with Crippen LogP contribution in [0.2, 0.25) is 0 Å². The molecule has 0 aliphatic heterocycles. The van der Waals surface area contributed by atoms with E-state index < -0.39 is 0 Å². The van der Waals surface area contributed by atoms with Crippen LogP contribution in [0.3, 0.4) is 0 Å². The normalized spacial score (nSPS) is 10.6. The smallest absolute Gasteiger partial charge is 0.0923 e. The van der Waals surface area contributed by atoms with Crippen LogP contribution in [0, 0.1) is 0 Å². The van der Waals surface area contributed by atoms with Gasteiger partial charge in [0.1, 0.15) is 0 Å². The summed E-state index contributed by atoms with van der Waals surface area (Å²) in [6, 6.07) is 10.5. The van der Waals surface area contributed by atoms with E-state index in [9.17, 15) is 0 Å². The number of nitrogens with zero attached hydrogens (tertiary/aromatic N) is 2. The highest BCUT2D eigenvalue weighted by Gasteiger charge is 2.01. The van der Waals surface area contributed by atoms with Crippen LogP contribution in [0.4, 0.5) is 0 Å². The van der Waals surface area contributed by atoms with Crippen molar-refractivity contribution in [2.24, 2.45) is 12.8 Å².